The summed E-state index contributed by atoms with van der Waals surface area (Å²) in [5.41, 5.74) is 0. The van der Waals surface area contributed by atoms with Gasteiger partial charge in [0.05, 0.1) is 38.6 Å². The lowest BCUT2D eigenvalue weighted by Crippen LogP contribution is -2.66. The van der Waals surface area contributed by atoms with Crippen molar-refractivity contribution in [1.82, 2.24) is 5.32 Å². The van der Waals surface area contributed by atoms with Gasteiger partial charge in [0, 0.05) is 6.42 Å². The summed E-state index contributed by atoms with van der Waals surface area (Å²) in [5, 5.41) is 121. The van der Waals surface area contributed by atoms with Crippen LogP contribution in [0.2, 0.25) is 0 Å². The SMILES string of the molecule is CC/C=C\C/C=C\C/C=C\C/C=C\C/C=C\C/C=C\C/C=C\C/C=C\C/C=C\CCCCCCCCCCCCCC(=O)NC(COC1OC(CO)C(OC2OC(CO)C(OC3OC(CO)C(O)C(O)C3O)C(O)C2O)C(O)C1O)C(O)CCCCCCCCCCCCCCCCCCCCCC. The van der Waals surface area contributed by atoms with Crippen molar-refractivity contribution in [2.24, 2.45) is 0 Å². The Hall–Kier alpha value is -3.55. The van der Waals surface area contributed by atoms with E-state index in [4.69, 9.17) is 28.4 Å². The van der Waals surface area contributed by atoms with Crippen molar-refractivity contribution in [3.63, 3.8) is 0 Å². The lowest BCUT2D eigenvalue weighted by molar-refractivity contribution is -0.379. The van der Waals surface area contributed by atoms with Crippen LogP contribution in [0.1, 0.15) is 290 Å². The summed E-state index contributed by atoms with van der Waals surface area (Å²) in [6.07, 6.45) is 61.7. The van der Waals surface area contributed by atoms with Gasteiger partial charge < -0.3 is 89.9 Å². The van der Waals surface area contributed by atoms with Crippen LogP contribution in [0.4, 0.5) is 0 Å². The molecular formula is C85H147NO18. The Kier molecular flexibility index (Phi) is 58.5. The maximum atomic E-state index is 13.5. The van der Waals surface area contributed by atoms with Gasteiger partial charge >= 0.3 is 0 Å². The van der Waals surface area contributed by atoms with Crippen LogP contribution in [-0.2, 0) is 33.2 Å². The number of nitrogens with one attached hydrogen (secondary N) is 1. The molecule has 3 aliphatic rings. The maximum absolute atomic E-state index is 13.5. The highest BCUT2D eigenvalue weighted by atomic mass is 16.8. The highest BCUT2D eigenvalue weighted by molar-refractivity contribution is 5.76. The molecule has 0 saturated carbocycles. The summed E-state index contributed by atoms with van der Waals surface area (Å²) in [4.78, 5) is 13.5. The molecule has 600 valence electrons. The second-order valence-corrected chi connectivity index (χ2v) is 28.9. The number of aliphatic hydroxyl groups excluding tert-OH is 11. The minimum absolute atomic E-state index is 0.247. The summed E-state index contributed by atoms with van der Waals surface area (Å²) in [5.74, 6) is -0.247. The molecule has 3 saturated heterocycles. The van der Waals surface area contributed by atoms with Crippen molar-refractivity contribution >= 4 is 5.91 Å². The molecule has 17 atom stereocenters. The first-order valence-electron chi connectivity index (χ1n) is 41.1. The fraction of sp³-hybridized carbons (Fsp3) is 0.776. The van der Waals surface area contributed by atoms with Crippen LogP contribution < -0.4 is 5.32 Å². The van der Waals surface area contributed by atoms with Gasteiger partial charge in [-0.2, -0.15) is 0 Å². The van der Waals surface area contributed by atoms with E-state index in [1.54, 1.807) is 0 Å². The summed E-state index contributed by atoms with van der Waals surface area (Å²) in [7, 11) is 0. The van der Waals surface area contributed by atoms with E-state index in [1.807, 2.05) is 0 Å². The number of rotatable bonds is 64. The predicted octanol–water partition coefficient (Wildman–Crippen LogP) is 14.1. The van der Waals surface area contributed by atoms with Gasteiger partial charge in [0.15, 0.2) is 18.9 Å². The van der Waals surface area contributed by atoms with Crippen LogP contribution in [0.15, 0.2) is 109 Å². The van der Waals surface area contributed by atoms with Crippen molar-refractivity contribution in [2.45, 2.75) is 394 Å². The van der Waals surface area contributed by atoms with E-state index in [2.05, 4.69) is 129 Å². The number of carbonyl (C=O) groups is 1. The first-order chi connectivity index (χ1) is 50.8. The molecule has 0 aliphatic carbocycles. The Morgan fingerprint density at radius 3 is 1.04 bits per heavy atom. The quantitative estimate of drug-likeness (QED) is 0.0199. The maximum Gasteiger partial charge on any atom is 0.220 e. The third-order valence-corrected chi connectivity index (χ3v) is 19.9. The number of ether oxygens (including phenoxy) is 6. The van der Waals surface area contributed by atoms with Gasteiger partial charge in [0.25, 0.3) is 0 Å². The highest BCUT2D eigenvalue weighted by Gasteiger charge is 2.54. The Morgan fingerprint density at radius 2 is 0.663 bits per heavy atom. The molecule has 1 amide bonds. The first kappa shape index (κ1) is 94.7. The summed E-state index contributed by atoms with van der Waals surface area (Å²) in [6.45, 7) is 1.70. The molecule has 0 aromatic carbocycles. The number of amides is 1. The van der Waals surface area contributed by atoms with Crippen LogP contribution in [-0.4, -0.2) is 193 Å². The predicted molar refractivity (Wildman–Crippen MR) is 415 cm³/mol. The summed E-state index contributed by atoms with van der Waals surface area (Å²) < 4.78 is 34.5. The van der Waals surface area contributed by atoms with E-state index in [0.717, 1.165) is 116 Å². The molecule has 3 heterocycles. The van der Waals surface area contributed by atoms with Crippen molar-refractivity contribution in [1.29, 1.82) is 0 Å². The Labute approximate surface area is 627 Å². The van der Waals surface area contributed by atoms with Gasteiger partial charge in [-0.05, 0) is 83.5 Å². The standard InChI is InChI=1S/C85H147NO18/c1-3-5-7-9-11-13-15-17-19-21-23-25-26-27-28-29-30-31-32-33-34-35-36-37-38-39-40-41-42-43-45-47-49-51-53-55-57-59-61-63-73(91)86-68(69(90)62-60-58-56-54-52-50-48-46-44-24-22-20-18-16-14-12-10-8-6-4-2)67-99-83-79(97)76(94)81(71(65-88)101-83)104-85-80(98)77(95)82(72(66-89)102-85)103-84-78(96)75(93)74(92)70(64-87)100-84/h5,7,11,13,17,19,23,25,27-28,30-31,33-34,36-37,39-40,68-72,74-85,87-90,92-98H,3-4,6,8-10,12,14-16,18,20-22,24,26,29,32,35,38,41-67H2,1-2H3,(H,86,91)/b7-5-,13-11-,19-17-,25-23-,28-27-,31-30-,34-33-,37-36-,40-39-. The third-order valence-electron chi connectivity index (χ3n) is 19.9. The van der Waals surface area contributed by atoms with Gasteiger partial charge in [-0.15, -0.1) is 0 Å². The van der Waals surface area contributed by atoms with Gasteiger partial charge in [-0.1, -0.05) is 309 Å². The van der Waals surface area contributed by atoms with Crippen LogP contribution in [0, 0.1) is 0 Å². The normalized spacial score (nSPS) is 26.5. The molecule has 17 unspecified atom stereocenters. The molecule has 3 aliphatic heterocycles. The number of hydrogen-bond donors (Lipinski definition) is 12. The van der Waals surface area contributed by atoms with Crippen molar-refractivity contribution in [2.75, 3.05) is 26.4 Å². The zero-order chi connectivity index (χ0) is 75.3. The molecule has 0 radical (unpaired) electrons. The molecule has 104 heavy (non-hydrogen) atoms. The molecule has 19 heteroatoms. The fourth-order valence-corrected chi connectivity index (χ4v) is 13.3. The molecule has 19 nitrogen and oxygen atoms in total. The minimum atomic E-state index is -1.98. The van der Waals surface area contributed by atoms with Crippen LogP contribution in [0.3, 0.4) is 0 Å². The number of allylic oxidation sites excluding steroid dienone is 18. The molecule has 3 fully saturated rings. The molecule has 0 aromatic rings. The fourth-order valence-electron chi connectivity index (χ4n) is 13.3. The lowest BCUT2D eigenvalue weighted by Gasteiger charge is -2.48. The highest BCUT2D eigenvalue weighted by Crippen LogP contribution is 2.33. The monoisotopic (exact) mass is 1470 g/mol. The zero-order valence-corrected chi connectivity index (χ0v) is 64.2. The average molecular weight is 1470 g/mol. The minimum Gasteiger partial charge on any atom is -0.394 e. The van der Waals surface area contributed by atoms with Gasteiger partial charge in [0.1, 0.15) is 73.2 Å². The van der Waals surface area contributed by atoms with E-state index < -0.39 is 124 Å². The van der Waals surface area contributed by atoms with E-state index >= 15 is 0 Å². The second kappa shape index (κ2) is 64.3. The Bertz CT molecular complexity index is 2300. The Morgan fingerprint density at radius 1 is 0.356 bits per heavy atom. The van der Waals surface area contributed by atoms with Crippen LogP contribution in [0.25, 0.3) is 0 Å². The largest absolute Gasteiger partial charge is 0.394 e. The van der Waals surface area contributed by atoms with Gasteiger partial charge in [-0.3, -0.25) is 4.79 Å². The summed E-state index contributed by atoms with van der Waals surface area (Å²) in [6, 6.07) is -0.897. The molecular weight excluding hydrogens is 1320 g/mol. The number of aliphatic hydroxyl groups is 11. The molecule has 0 spiro atoms. The van der Waals surface area contributed by atoms with Gasteiger partial charge in [-0.25, -0.2) is 0 Å². The zero-order valence-electron chi connectivity index (χ0n) is 64.2. The first-order valence-corrected chi connectivity index (χ1v) is 41.1. The molecule has 12 N–H and O–H groups in total. The Balaban J connectivity index is 1.34. The van der Waals surface area contributed by atoms with Crippen LogP contribution >= 0.6 is 0 Å². The molecule has 0 aromatic heterocycles. The number of unbranched alkanes of at least 4 members (excludes halogenated alkanes) is 30. The number of hydrogen-bond acceptors (Lipinski definition) is 18. The smallest absolute Gasteiger partial charge is 0.220 e. The van der Waals surface area contributed by atoms with Crippen LogP contribution in [0.5, 0.6) is 0 Å². The topological polar surface area (TPSA) is 307 Å². The van der Waals surface area contributed by atoms with E-state index in [-0.39, 0.29) is 18.9 Å². The summed E-state index contributed by atoms with van der Waals surface area (Å²) >= 11 is 0. The van der Waals surface area contributed by atoms with E-state index in [0.29, 0.717) is 12.8 Å². The van der Waals surface area contributed by atoms with E-state index in [1.165, 1.54) is 141 Å². The average Bonchev–Trinajstić information content (AvgIpc) is 0.783. The van der Waals surface area contributed by atoms with E-state index in [9.17, 15) is 61.0 Å². The van der Waals surface area contributed by atoms with Crippen molar-refractivity contribution in [3.8, 4) is 0 Å². The molecule has 0 bridgehead atoms. The third kappa shape index (κ3) is 43.6. The van der Waals surface area contributed by atoms with Gasteiger partial charge in [0.2, 0.25) is 5.91 Å². The second-order valence-electron chi connectivity index (χ2n) is 28.9. The molecule has 3 rings (SSSR count). The lowest BCUT2D eigenvalue weighted by atomic mass is 9.96. The number of carbonyl (C=O) groups excluding carboxylic acids is 1. The van der Waals surface area contributed by atoms with Crippen molar-refractivity contribution in [3.05, 3.63) is 109 Å². The van der Waals surface area contributed by atoms with Crippen molar-refractivity contribution < 1.29 is 89.4 Å².